The summed E-state index contributed by atoms with van der Waals surface area (Å²) in [6, 6.07) is 1.32. The van der Waals surface area contributed by atoms with Gasteiger partial charge in [0.25, 0.3) is 5.69 Å². The van der Waals surface area contributed by atoms with Gasteiger partial charge in [0.2, 0.25) is 0 Å². The average Bonchev–Trinajstić information content (AvgIpc) is 2.43. The number of nitro groups is 1. The van der Waals surface area contributed by atoms with Crippen molar-refractivity contribution in [2.24, 2.45) is 0 Å². The number of benzene rings is 1. The number of nitro benzene ring substituents is 1. The van der Waals surface area contributed by atoms with Gasteiger partial charge in [-0.25, -0.2) is 4.79 Å². The van der Waals surface area contributed by atoms with Crippen LogP contribution in [0.2, 0.25) is 0 Å². The zero-order chi connectivity index (χ0) is 16.4. The summed E-state index contributed by atoms with van der Waals surface area (Å²) < 4.78 is 42.1. The number of methoxy groups -OCH3 is 1. The number of hydrogen-bond acceptors (Lipinski definition) is 6. The van der Waals surface area contributed by atoms with Crippen molar-refractivity contribution in [1.29, 1.82) is 0 Å². The second-order valence-corrected chi connectivity index (χ2v) is 3.98. The molecule has 7 nitrogen and oxygen atoms in total. The Labute approximate surface area is 115 Å². The van der Waals surface area contributed by atoms with Crippen LogP contribution in [0, 0.1) is 10.1 Å². The Balaban J connectivity index is 3.32. The van der Waals surface area contributed by atoms with E-state index in [0.717, 1.165) is 7.11 Å². The molecule has 1 rings (SSSR count). The highest BCUT2D eigenvalue weighted by Gasteiger charge is 2.35. The molecule has 1 aromatic rings. The summed E-state index contributed by atoms with van der Waals surface area (Å²) in [6.45, 7) is 0. The van der Waals surface area contributed by atoms with Crippen LogP contribution >= 0.6 is 0 Å². The fraction of sp³-hybridized carbons (Fsp3) is 0.364. The van der Waals surface area contributed by atoms with Crippen molar-refractivity contribution < 1.29 is 37.8 Å². The Bertz CT molecular complexity index is 559. The molecule has 116 valence electrons. The number of hydrogen-bond donors (Lipinski definition) is 2. The molecule has 0 amide bonds. The van der Waals surface area contributed by atoms with E-state index in [0.29, 0.717) is 12.1 Å². The first-order chi connectivity index (χ1) is 9.57. The smallest absolute Gasteiger partial charge is 0.416 e. The summed E-state index contributed by atoms with van der Waals surface area (Å²) in [5, 5.41) is 29.7. The molecule has 0 radical (unpaired) electrons. The Hall–Kier alpha value is -2.20. The van der Waals surface area contributed by atoms with Crippen molar-refractivity contribution >= 4 is 11.7 Å². The molecule has 0 aliphatic heterocycles. The van der Waals surface area contributed by atoms with Gasteiger partial charge in [-0.1, -0.05) is 0 Å². The number of aliphatic hydroxyl groups is 2. The van der Waals surface area contributed by atoms with E-state index in [9.17, 15) is 38.3 Å². The maximum Gasteiger partial charge on any atom is 0.416 e. The van der Waals surface area contributed by atoms with Gasteiger partial charge in [0, 0.05) is 12.1 Å². The van der Waals surface area contributed by atoms with E-state index in [1.165, 1.54) is 0 Å². The molecule has 0 aliphatic carbocycles. The number of halogens is 3. The number of alkyl halides is 3. The highest BCUT2D eigenvalue weighted by molar-refractivity contribution is 5.75. The van der Waals surface area contributed by atoms with Crippen molar-refractivity contribution in [1.82, 2.24) is 0 Å². The lowest BCUT2D eigenvalue weighted by Gasteiger charge is -2.17. The van der Waals surface area contributed by atoms with Gasteiger partial charge in [0.05, 0.1) is 17.6 Å². The highest BCUT2D eigenvalue weighted by atomic mass is 19.4. The van der Waals surface area contributed by atoms with Gasteiger partial charge in [-0.15, -0.1) is 0 Å². The molecule has 0 bridgehead atoms. The van der Waals surface area contributed by atoms with Crippen LogP contribution in [0.25, 0.3) is 0 Å². The predicted molar refractivity (Wildman–Crippen MR) is 61.1 cm³/mol. The molecule has 2 N–H and O–H groups in total. The number of carbonyl (C=O) groups is 1. The van der Waals surface area contributed by atoms with Gasteiger partial charge in [-0.2, -0.15) is 13.2 Å². The molecule has 0 saturated carbocycles. The first-order valence-corrected chi connectivity index (χ1v) is 5.38. The Morgan fingerprint density at radius 2 is 1.90 bits per heavy atom. The van der Waals surface area contributed by atoms with E-state index >= 15 is 0 Å². The Kier molecular flexibility index (Phi) is 4.86. The van der Waals surface area contributed by atoms with Gasteiger partial charge >= 0.3 is 12.1 Å². The molecular weight excluding hydrogens is 299 g/mol. The van der Waals surface area contributed by atoms with Crippen LogP contribution in [-0.2, 0) is 15.7 Å². The second kappa shape index (κ2) is 6.06. The number of ether oxygens (including phenoxy) is 1. The molecule has 1 aromatic carbocycles. The minimum absolute atomic E-state index is 0.279. The minimum atomic E-state index is -4.89. The SMILES string of the molecule is COC(=O)C(O)C(O)c1cc([N+](=O)[O-])cc(C(F)(F)F)c1. The van der Waals surface area contributed by atoms with Crippen molar-refractivity contribution in [3.63, 3.8) is 0 Å². The maximum atomic E-state index is 12.6. The van der Waals surface area contributed by atoms with Crippen LogP contribution in [-0.4, -0.2) is 34.3 Å². The molecule has 0 spiro atoms. The van der Waals surface area contributed by atoms with Crippen LogP contribution in [0.4, 0.5) is 18.9 Å². The van der Waals surface area contributed by atoms with Crippen LogP contribution < -0.4 is 0 Å². The van der Waals surface area contributed by atoms with Crippen molar-refractivity contribution in [2.45, 2.75) is 18.4 Å². The van der Waals surface area contributed by atoms with Gasteiger partial charge in [-0.3, -0.25) is 10.1 Å². The fourth-order valence-electron chi connectivity index (χ4n) is 1.51. The van der Waals surface area contributed by atoms with E-state index in [2.05, 4.69) is 4.74 Å². The molecule has 2 unspecified atom stereocenters. The number of nitrogens with zero attached hydrogens (tertiary/aromatic N) is 1. The topological polar surface area (TPSA) is 110 Å². The zero-order valence-electron chi connectivity index (χ0n) is 10.5. The number of esters is 1. The van der Waals surface area contributed by atoms with Gasteiger partial charge in [-0.05, 0) is 11.6 Å². The third-order valence-electron chi connectivity index (χ3n) is 2.56. The first kappa shape index (κ1) is 16.9. The van der Waals surface area contributed by atoms with Crippen molar-refractivity contribution in [3.05, 3.63) is 39.4 Å². The number of non-ortho nitro benzene ring substituents is 1. The molecule has 21 heavy (non-hydrogen) atoms. The predicted octanol–water partition coefficient (Wildman–Crippen LogP) is 1.18. The van der Waals surface area contributed by atoms with E-state index in [1.54, 1.807) is 0 Å². The third-order valence-corrected chi connectivity index (χ3v) is 2.56. The molecular formula is C11H10F3NO6. The van der Waals surface area contributed by atoms with Crippen LogP contribution in [0.3, 0.4) is 0 Å². The van der Waals surface area contributed by atoms with E-state index in [1.807, 2.05) is 0 Å². The van der Waals surface area contributed by atoms with E-state index < -0.39 is 46.1 Å². The fourth-order valence-corrected chi connectivity index (χ4v) is 1.51. The largest absolute Gasteiger partial charge is 0.467 e. The average molecular weight is 309 g/mol. The van der Waals surface area contributed by atoms with Crippen LogP contribution in [0.15, 0.2) is 18.2 Å². The monoisotopic (exact) mass is 309 g/mol. The van der Waals surface area contributed by atoms with E-state index in [-0.39, 0.29) is 6.07 Å². The summed E-state index contributed by atoms with van der Waals surface area (Å²) in [7, 11) is 0.896. The molecule has 0 fully saturated rings. The third kappa shape index (κ3) is 3.89. The number of aliphatic hydroxyl groups excluding tert-OH is 2. The molecule has 0 heterocycles. The second-order valence-electron chi connectivity index (χ2n) is 3.98. The zero-order valence-corrected chi connectivity index (χ0v) is 10.5. The van der Waals surface area contributed by atoms with Gasteiger partial charge < -0.3 is 14.9 Å². The summed E-state index contributed by atoms with van der Waals surface area (Å²) in [4.78, 5) is 20.6. The Morgan fingerprint density at radius 3 is 2.33 bits per heavy atom. The summed E-state index contributed by atoms with van der Waals surface area (Å²) in [5.41, 5.74) is -2.95. The highest BCUT2D eigenvalue weighted by Crippen LogP contribution is 2.34. The lowest BCUT2D eigenvalue weighted by atomic mass is 10.0. The molecule has 0 aromatic heterocycles. The number of rotatable bonds is 4. The van der Waals surface area contributed by atoms with E-state index in [4.69, 9.17) is 0 Å². The molecule has 0 aliphatic rings. The summed E-state index contributed by atoms with van der Waals surface area (Å²) in [6.07, 6.45) is -9.16. The normalized spacial score (nSPS) is 14.4. The lowest BCUT2D eigenvalue weighted by Crippen LogP contribution is -2.29. The molecule has 2 atom stereocenters. The summed E-state index contributed by atoms with van der Waals surface area (Å²) >= 11 is 0. The standard InChI is InChI=1S/C11H10F3NO6/c1-21-10(18)9(17)8(16)5-2-6(11(12,13)14)4-7(3-5)15(19)20/h2-4,8-9,16-17H,1H3. The lowest BCUT2D eigenvalue weighted by molar-refractivity contribution is -0.385. The van der Waals surface area contributed by atoms with Crippen LogP contribution in [0.1, 0.15) is 17.2 Å². The number of carbonyl (C=O) groups excluding carboxylic acids is 1. The van der Waals surface area contributed by atoms with Gasteiger partial charge in [0.1, 0.15) is 6.10 Å². The minimum Gasteiger partial charge on any atom is -0.467 e. The molecule has 0 saturated heterocycles. The van der Waals surface area contributed by atoms with Crippen molar-refractivity contribution in [3.8, 4) is 0 Å². The maximum absolute atomic E-state index is 12.6. The van der Waals surface area contributed by atoms with Crippen molar-refractivity contribution in [2.75, 3.05) is 7.11 Å². The van der Waals surface area contributed by atoms with Gasteiger partial charge in [0.15, 0.2) is 6.10 Å². The Morgan fingerprint density at radius 1 is 1.33 bits per heavy atom. The quantitative estimate of drug-likeness (QED) is 0.491. The summed E-state index contributed by atoms with van der Waals surface area (Å²) in [5.74, 6) is -1.29. The first-order valence-electron chi connectivity index (χ1n) is 5.38. The van der Waals surface area contributed by atoms with Crippen LogP contribution in [0.5, 0.6) is 0 Å². The molecule has 10 heteroatoms.